The lowest BCUT2D eigenvalue weighted by atomic mass is 9.95. The molecule has 2 rings (SSSR count). The van der Waals surface area contributed by atoms with Crippen molar-refractivity contribution in [3.63, 3.8) is 0 Å². The van der Waals surface area contributed by atoms with Gasteiger partial charge in [0.1, 0.15) is 0 Å². The van der Waals surface area contributed by atoms with Crippen LogP contribution in [-0.4, -0.2) is 23.4 Å². The van der Waals surface area contributed by atoms with E-state index in [4.69, 9.17) is 0 Å². The normalized spacial score (nSPS) is 39.6. The number of rotatable bonds is 0. The zero-order chi connectivity index (χ0) is 9.42. The van der Waals surface area contributed by atoms with Crippen LogP contribution < -0.4 is 5.32 Å². The molecule has 1 aliphatic heterocycles. The van der Waals surface area contributed by atoms with E-state index in [9.17, 15) is 9.59 Å². The Morgan fingerprint density at radius 1 is 1.31 bits per heavy atom. The van der Waals surface area contributed by atoms with Crippen molar-refractivity contribution in [1.29, 1.82) is 0 Å². The monoisotopic (exact) mass is 199 g/mol. The third-order valence-corrected chi connectivity index (χ3v) is 3.61. The third kappa shape index (κ3) is 1.62. The summed E-state index contributed by atoms with van der Waals surface area (Å²) in [5.41, 5.74) is 0.557. The van der Waals surface area contributed by atoms with Crippen molar-refractivity contribution in [3.05, 3.63) is 0 Å². The molecule has 1 saturated carbocycles. The van der Waals surface area contributed by atoms with Gasteiger partial charge in [-0.15, -0.1) is 9.24 Å². The van der Waals surface area contributed by atoms with Crippen molar-refractivity contribution in [2.75, 3.05) is 0 Å². The molecule has 4 heteroatoms. The fraction of sp³-hybridized carbons (Fsp3) is 0.778. The second-order valence-electron chi connectivity index (χ2n) is 3.98. The largest absolute Gasteiger partial charge is 0.346 e. The standard InChI is InChI=1S/C9H14NO2P/c11-8-6-3-1-2-5(13)4-7(6)10-9(8)12/h5-7H,1-4,13H2,(H,10,12). The number of carbonyl (C=O) groups excluding carboxylic acids is 2. The number of hydrogen-bond donors (Lipinski definition) is 1. The second kappa shape index (κ2) is 3.38. The van der Waals surface area contributed by atoms with E-state index in [0.29, 0.717) is 5.66 Å². The van der Waals surface area contributed by atoms with Crippen LogP contribution in [0.3, 0.4) is 0 Å². The second-order valence-corrected chi connectivity index (χ2v) is 4.92. The summed E-state index contributed by atoms with van der Waals surface area (Å²) in [5.74, 6) is -0.587. The van der Waals surface area contributed by atoms with Gasteiger partial charge in [-0.1, -0.05) is 6.42 Å². The highest BCUT2D eigenvalue weighted by atomic mass is 31.0. The van der Waals surface area contributed by atoms with E-state index in [1.165, 1.54) is 0 Å². The fourth-order valence-corrected chi connectivity index (χ4v) is 2.82. The maximum absolute atomic E-state index is 11.4. The molecule has 4 unspecified atom stereocenters. The molecule has 0 spiro atoms. The first-order valence-corrected chi connectivity index (χ1v) is 5.45. The predicted octanol–water partition coefficient (Wildman–Crippen LogP) is 0.488. The van der Waals surface area contributed by atoms with Crippen molar-refractivity contribution in [1.82, 2.24) is 5.32 Å². The minimum atomic E-state index is -0.367. The molecule has 0 radical (unpaired) electrons. The molecule has 72 valence electrons. The molecule has 13 heavy (non-hydrogen) atoms. The molecule has 0 aromatic heterocycles. The number of amides is 1. The van der Waals surface area contributed by atoms with Gasteiger partial charge in [0.25, 0.3) is 5.91 Å². The topological polar surface area (TPSA) is 46.2 Å². The quantitative estimate of drug-likeness (QED) is 0.456. The van der Waals surface area contributed by atoms with Gasteiger partial charge in [-0.3, -0.25) is 9.59 Å². The van der Waals surface area contributed by atoms with E-state index < -0.39 is 0 Å². The lowest BCUT2D eigenvalue weighted by molar-refractivity contribution is -0.136. The van der Waals surface area contributed by atoms with Gasteiger partial charge in [0.05, 0.1) is 0 Å². The van der Waals surface area contributed by atoms with Crippen LogP contribution >= 0.6 is 9.24 Å². The van der Waals surface area contributed by atoms with E-state index in [1.54, 1.807) is 0 Å². The van der Waals surface area contributed by atoms with Crippen LogP contribution in [0.2, 0.25) is 0 Å². The first-order chi connectivity index (χ1) is 6.18. The van der Waals surface area contributed by atoms with E-state index in [-0.39, 0.29) is 23.7 Å². The number of hydrogen-bond acceptors (Lipinski definition) is 2. The highest BCUT2D eigenvalue weighted by molar-refractivity contribution is 7.17. The summed E-state index contributed by atoms with van der Waals surface area (Å²) in [4.78, 5) is 22.5. The third-order valence-electron chi connectivity index (χ3n) is 3.01. The van der Waals surface area contributed by atoms with E-state index in [0.717, 1.165) is 25.7 Å². The molecule has 0 bridgehead atoms. The predicted molar refractivity (Wildman–Crippen MR) is 52.4 cm³/mol. The highest BCUT2D eigenvalue weighted by Crippen LogP contribution is 2.31. The van der Waals surface area contributed by atoms with E-state index in [1.807, 2.05) is 0 Å². The van der Waals surface area contributed by atoms with Crippen molar-refractivity contribution in [2.45, 2.75) is 37.4 Å². The molecule has 2 fully saturated rings. The lowest BCUT2D eigenvalue weighted by Gasteiger charge is -2.15. The zero-order valence-electron chi connectivity index (χ0n) is 7.45. The van der Waals surface area contributed by atoms with Crippen LogP contribution in [0.15, 0.2) is 0 Å². The molecule has 1 heterocycles. The van der Waals surface area contributed by atoms with Crippen molar-refractivity contribution >= 4 is 20.9 Å². The SMILES string of the molecule is O=C1NC2CC(P)CCCC2C1=O. The highest BCUT2D eigenvalue weighted by Gasteiger charge is 2.41. The summed E-state index contributed by atoms with van der Waals surface area (Å²) in [7, 11) is 2.80. The number of nitrogens with one attached hydrogen (secondary N) is 1. The molecule has 0 aromatic carbocycles. The summed E-state index contributed by atoms with van der Waals surface area (Å²) >= 11 is 0. The molecule has 3 nitrogen and oxygen atoms in total. The lowest BCUT2D eigenvalue weighted by Crippen LogP contribution is -2.30. The fourth-order valence-electron chi connectivity index (χ4n) is 2.29. The van der Waals surface area contributed by atoms with Gasteiger partial charge in [-0.05, 0) is 24.9 Å². The molecule has 4 atom stereocenters. The number of ketones is 1. The maximum atomic E-state index is 11.4. The Bertz CT molecular complexity index is 254. The van der Waals surface area contributed by atoms with Gasteiger partial charge < -0.3 is 5.32 Å². The summed E-state index contributed by atoms with van der Waals surface area (Å²) in [5, 5.41) is 2.77. The van der Waals surface area contributed by atoms with Gasteiger partial charge in [0, 0.05) is 12.0 Å². The Hall–Kier alpha value is -0.430. The molecule has 1 amide bonds. The van der Waals surface area contributed by atoms with Gasteiger partial charge in [0.15, 0.2) is 0 Å². The van der Waals surface area contributed by atoms with Crippen molar-refractivity contribution in [2.24, 2.45) is 5.92 Å². The minimum absolute atomic E-state index is 0.0296. The van der Waals surface area contributed by atoms with Crippen molar-refractivity contribution in [3.8, 4) is 0 Å². The van der Waals surface area contributed by atoms with Crippen LogP contribution in [0, 0.1) is 5.92 Å². The average molecular weight is 199 g/mol. The van der Waals surface area contributed by atoms with Gasteiger partial charge in [-0.25, -0.2) is 0 Å². The van der Waals surface area contributed by atoms with Crippen LogP contribution in [0.25, 0.3) is 0 Å². The molecular weight excluding hydrogens is 185 g/mol. The molecule has 2 aliphatic rings. The maximum Gasteiger partial charge on any atom is 0.287 e. The van der Waals surface area contributed by atoms with E-state index >= 15 is 0 Å². The number of Topliss-reactive ketones (excluding diaryl/α,β-unsaturated/α-hetero) is 1. The smallest absolute Gasteiger partial charge is 0.287 e. The molecule has 1 aliphatic carbocycles. The number of fused-ring (bicyclic) bond motifs is 1. The average Bonchev–Trinajstić information content (AvgIpc) is 2.28. The van der Waals surface area contributed by atoms with Gasteiger partial charge in [-0.2, -0.15) is 0 Å². The van der Waals surface area contributed by atoms with Crippen molar-refractivity contribution < 1.29 is 9.59 Å². The Morgan fingerprint density at radius 2 is 2.08 bits per heavy atom. The molecule has 0 aromatic rings. The Balaban J connectivity index is 2.14. The molecule has 1 saturated heterocycles. The summed E-state index contributed by atoms with van der Waals surface area (Å²) in [6.45, 7) is 0. The van der Waals surface area contributed by atoms with Crippen LogP contribution in [0.1, 0.15) is 25.7 Å². The Labute approximate surface area is 79.8 Å². The summed E-state index contributed by atoms with van der Waals surface area (Å²) < 4.78 is 0. The van der Waals surface area contributed by atoms with Crippen LogP contribution in [0.5, 0.6) is 0 Å². The zero-order valence-corrected chi connectivity index (χ0v) is 8.61. The van der Waals surface area contributed by atoms with E-state index in [2.05, 4.69) is 14.6 Å². The van der Waals surface area contributed by atoms with Gasteiger partial charge in [0.2, 0.25) is 5.78 Å². The molecule has 1 N–H and O–H groups in total. The van der Waals surface area contributed by atoms with Gasteiger partial charge >= 0.3 is 0 Å². The first-order valence-electron chi connectivity index (χ1n) is 4.79. The molecular formula is C9H14NO2P. The first kappa shape index (κ1) is 9.14. The Morgan fingerprint density at radius 3 is 2.85 bits per heavy atom. The van der Waals surface area contributed by atoms with Crippen LogP contribution in [-0.2, 0) is 9.59 Å². The Kier molecular flexibility index (Phi) is 2.37. The summed E-state index contributed by atoms with van der Waals surface area (Å²) in [6.07, 6.45) is 4.04. The van der Waals surface area contributed by atoms with Crippen LogP contribution in [0.4, 0.5) is 0 Å². The number of carbonyl (C=O) groups is 2. The minimum Gasteiger partial charge on any atom is -0.346 e. The summed E-state index contributed by atoms with van der Waals surface area (Å²) in [6, 6.07) is 0.116.